The average molecular weight is 301 g/mol. The Labute approximate surface area is 136 Å². The number of aromatic nitrogens is 1. The van der Waals surface area contributed by atoms with E-state index in [-0.39, 0.29) is 6.04 Å². The molecule has 1 heterocycles. The molecular weight excluding hydrogens is 282 g/mol. The zero-order valence-corrected chi connectivity index (χ0v) is 13.2. The highest BCUT2D eigenvalue weighted by atomic mass is 15.1. The van der Waals surface area contributed by atoms with Gasteiger partial charge in [-0.1, -0.05) is 54.6 Å². The first-order valence-corrected chi connectivity index (χ1v) is 7.75. The zero-order valence-electron chi connectivity index (χ0n) is 13.2. The van der Waals surface area contributed by atoms with Crippen molar-refractivity contribution in [3.63, 3.8) is 0 Å². The summed E-state index contributed by atoms with van der Waals surface area (Å²) in [5.74, 6) is 0. The predicted octanol–water partition coefficient (Wildman–Crippen LogP) is 4.86. The molecule has 0 bridgehead atoms. The molecule has 2 aromatic carbocycles. The molecule has 1 N–H and O–H groups in total. The highest BCUT2D eigenvalue weighted by Gasteiger charge is 2.22. The van der Waals surface area contributed by atoms with Crippen molar-refractivity contribution in [2.24, 2.45) is 0 Å². The Balaban J connectivity index is 2.28. The molecule has 0 amide bonds. The van der Waals surface area contributed by atoms with Gasteiger partial charge in [-0.15, -0.1) is 6.58 Å². The minimum Gasteiger partial charge on any atom is -0.356 e. The van der Waals surface area contributed by atoms with Gasteiger partial charge in [0.15, 0.2) is 6.19 Å². The second-order valence-corrected chi connectivity index (χ2v) is 5.39. The van der Waals surface area contributed by atoms with E-state index in [2.05, 4.69) is 42.0 Å². The highest BCUT2D eigenvalue weighted by Crippen LogP contribution is 2.37. The standard InChI is InChI=1S/C20H19N3/c1-3-18(23(4-2)14-21)20-19(15-10-6-5-7-11-15)16-12-8-9-13-17(16)22-20/h3,5-13,18,22H,1,4H2,2H3. The number of H-pyrrole nitrogens is 1. The van der Waals surface area contributed by atoms with E-state index in [1.807, 2.05) is 43.3 Å². The van der Waals surface area contributed by atoms with E-state index in [1.54, 1.807) is 4.90 Å². The minimum absolute atomic E-state index is 0.174. The highest BCUT2D eigenvalue weighted by molar-refractivity contribution is 5.97. The van der Waals surface area contributed by atoms with Gasteiger partial charge in [0.1, 0.15) is 0 Å². The molecule has 0 spiro atoms. The molecule has 0 fully saturated rings. The van der Waals surface area contributed by atoms with Crippen molar-refractivity contribution in [3.05, 3.63) is 72.9 Å². The molecule has 0 aliphatic heterocycles. The Morgan fingerprint density at radius 1 is 1.17 bits per heavy atom. The summed E-state index contributed by atoms with van der Waals surface area (Å²) in [6, 6.07) is 18.3. The molecule has 0 saturated heterocycles. The van der Waals surface area contributed by atoms with Crippen LogP contribution in [0.25, 0.3) is 22.0 Å². The molecule has 3 rings (SSSR count). The third-order valence-electron chi connectivity index (χ3n) is 4.12. The Kier molecular flexibility index (Phi) is 4.16. The summed E-state index contributed by atoms with van der Waals surface area (Å²) in [6.45, 7) is 6.56. The molecule has 1 atom stereocenters. The average Bonchev–Trinajstić information content (AvgIpc) is 2.99. The maximum atomic E-state index is 9.44. The van der Waals surface area contributed by atoms with Crippen LogP contribution in [0.1, 0.15) is 18.7 Å². The lowest BCUT2D eigenvalue weighted by Crippen LogP contribution is -2.22. The number of para-hydroxylation sites is 1. The lowest BCUT2D eigenvalue weighted by atomic mass is 9.98. The van der Waals surface area contributed by atoms with Gasteiger partial charge >= 0.3 is 0 Å². The molecule has 3 heteroatoms. The summed E-state index contributed by atoms with van der Waals surface area (Å²) >= 11 is 0. The lowest BCUT2D eigenvalue weighted by molar-refractivity contribution is 0.354. The normalized spacial score (nSPS) is 11.8. The van der Waals surface area contributed by atoms with Crippen LogP contribution < -0.4 is 0 Å². The van der Waals surface area contributed by atoms with Crippen LogP contribution in [-0.4, -0.2) is 16.4 Å². The topological polar surface area (TPSA) is 42.8 Å². The second kappa shape index (κ2) is 6.41. The van der Waals surface area contributed by atoms with Crippen LogP contribution in [0.4, 0.5) is 0 Å². The molecule has 23 heavy (non-hydrogen) atoms. The number of aromatic amines is 1. The largest absolute Gasteiger partial charge is 0.356 e. The van der Waals surface area contributed by atoms with Crippen molar-refractivity contribution in [1.82, 2.24) is 9.88 Å². The van der Waals surface area contributed by atoms with Crippen LogP contribution in [0.5, 0.6) is 0 Å². The van der Waals surface area contributed by atoms with Crippen LogP contribution in [0.3, 0.4) is 0 Å². The van der Waals surface area contributed by atoms with Gasteiger partial charge in [0.05, 0.1) is 11.7 Å². The van der Waals surface area contributed by atoms with Crippen LogP contribution in [-0.2, 0) is 0 Å². The first kappa shape index (κ1) is 14.9. The number of likely N-dealkylation sites (N-methyl/N-ethyl adjacent to an activating group) is 1. The number of nitrogens with one attached hydrogen (secondary N) is 1. The van der Waals surface area contributed by atoms with Gasteiger partial charge in [-0.2, -0.15) is 5.26 Å². The lowest BCUT2D eigenvalue weighted by Gasteiger charge is -2.23. The van der Waals surface area contributed by atoms with E-state index >= 15 is 0 Å². The van der Waals surface area contributed by atoms with Crippen molar-refractivity contribution in [2.75, 3.05) is 6.54 Å². The van der Waals surface area contributed by atoms with Gasteiger partial charge in [-0.05, 0) is 18.6 Å². The Morgan fingerprint density at radius 3 is 2.52 bits per heavy atom. The van der Waals surface area contributed by atoms with Gasteiger partial charge < -0.3 is 4.98 Å². The third kappa shape index (κ3) is 2.60. The van der Waals surface area contributed by atoms with Crippen molar-refractivity contribution >= 4 is 10.9 Å². The Morgan fingerprint density at radius 2 is 1.87 bits per heavy atom. The molecule has 3 nitrogen and oxygen atoms in total. The quantitative estimate of drug-likeness (QED) is 0.415. The van der Waals surface area contributed by atoms with Crippen LogP contribution in [0, 0.1) is 11.5 Å². The fourth-order valence-electron chi connectivity index (χ4n) is 3.03. The van der Waals surface area contributed by atoms with Crippen LogP contribution in [0.15, 0.2) is 67.3 Å². The van der Waals surface area contributed by atoms with E-state index in [4.69, 9.17) is 0 Å². The fourth-order valence-corrected chi connectivity index (χ4v) is 3.03. The smallest absolute Gasteiger partial charge is 0.180 e. The first-order valence-electron chi connectivity index (χ1n) is 7.75. The second-order valence-electron chi connectivity index (χ2n) is 5.39. The van der Waals surface area contributed by atoms with E-state index in [0.29, 0.717) is 6.54 Å². The molecule has 1 unspecified atom stereocenters. The van der Waals surface area contributed by atoms with Crippen molar-refractivity contribution in [1.29, 1.82) is 5.26 Å². The van der Waals surface area contributed by atoms with E-state index < -0.39 is 0 Å². The van der Waals surface area contributed by atoms with Crippen LogP contribution >= 0.6 is 0 Å². The van der Waals surface area contributed by atoms with Crippen molar-refractivity contribution < 1.29 is 0 Å². The van der Waals surface area contributed by atoms with Gasteiger partial charge in [-0.3, -0.25) is 4.90 Å². The zero-order chi connectivity index (χ0) is 16.2. The van der Waals surface area contributed by atoms with E-state index in [1.165, 1.54) is 0 Å². The summed E-state index contributed by atoms with van der Waals surface area (Å²) in [5, 5.41) is 10.6. The monoisotopic (exact) mass is 301 g/mol. The van der Waals surface area contributed by atoms with Gasteiger partial charge in [0, 0.05) is 23.0 Å². The summed E-state index contributed by atoms with van der Waals surface area (Å²) in [4.78, 5) is 5.23. The number of hydrogen-bond acceptors (Lipinski definition) is 2. The summed E-state index contributed by atoms with van der Waals surface area (Å²) in [7, 11) is 0. The summed E-state index contributed by atoms with van der Waals surface area (Å²) in [5.41, 5.74) is 4.36. The SMILES string of the molecule is C=CC(c1[nH]c2ccccc2c1-c1ccccc1)N(C#N)CC. The molecule has 0 radical (unpaired) electrons. The number of fused-ring (bicyclic) bond motifs is 1. The molecule has 1 aromatic heterocycles. The number of rotatable bonds is 5. The fraction of sp³-hybridized carbons (Fsp3) is 0.150. The first-order chi connectivity index (χ1) is 11.3. The molecule has 0 aliphatic rings. The summed E-state index contributed by atoms with van der Waals surface area (Å²) in [6.07, 6.45) is 4.09. The van der Waals surface area contributed by atoms with Gasteiger partial charge in [0.25, 0.3) is 0 Å². The minimum atomic E-state index is -0.174. The maximum absolute atomic E-state index is 9.44. The number of hydrogen-bond donors (Lipinski definition) is 1. The molecule has 114 valence electrons. The third-order valence-corrected chi connectivity index (χ3v) is 4.12. The maximum Gasteiger partial charge on any atom is 0.180 e. The van der Waals surface area contributed by atoms with E-state index in [0.717, 1.165) is 27.7 Å². The Bertz CT molecular complexity index is 855. The van der Waals surface area contributed by atoms with Crippen molar-refractivity contribution in [2.45, 2.75) is 13.0 Å². The molecular formula is C20H19N3. The molecule has 0 aliphatic carbocycles. The summed E-state index contributed by atoms with van der Waals surface area (Å²) < 4.78 is 0. The van der Waals surface area contributed by atoms with Gasteiger partial charge in [-0.25, -0.2) is 0 Å². The number of benzene rings is 2. The number of nitriles is 1. The van der Waals surface area contributed by atoms with Gasteiger partial charge in [0.2, 0.25) is 0 Å². The Hall–Kier alpha value is -2.99. The predicted molar refractivity (Wildman–Crippen MR) is 94.7 cm³/mol. The van der Waals surface area contributed by atoms with E-state index in [9.17, 15) is 5.26 Å². The van der Waals surface area contributed by atoms with Crippen LogP contribution in [0.2, 0.25) is 0 Å². The van der Waals surface area contributed by atoms with Crippen molar-refractivity contribution in [3.8, 4) is 17.3 Å². The molecule has 0 saturated carbocycles. The molecule has 3 aromatic rings. The number of nitrogens with zero attached hydrogens (tertiary/aromatic N) is 2.